The summed E-state index contributed by atoms with van der Waals surface area (Å²) in [5, 5.41) is 2.26. The smallest absolute Gasteiger partial charge is 0.257 e. The molecule has 1 heterocycles. The summed E-state index contributed by atoms with van der Waals surface area (Å²) in [6.07, 6.45) is 4.89. The number of rotatable bonds is 5. The fraction of sp³-hybridized carbons (Fsp3) is 0.286. The van der Waals surface area contributed by atoms with Gasteiger partial charge in [-0.1, -0.05) is 6.92 Å². The third kappa shape index (κ3) is 3.44. The molecule has 0 radical (unpaired) electrons. The third-order valence-corrected chi connectivity index (χ3v) is 3.03. The Kier molecular flexibility index (Phi) is 4.79. The summed E-state index contributed by atoms with van der Waals surface area (Å²) >= 11 is 0. The molecule has 0 aliphatic carbocycles. The molecule has 1 aromatic carbocycles. The van der Waals surface area contributed by atoms with Crippen molar-refractivity contribution in [1.29, 1.82) is 0 Å². The van der Waals surface area contributed by atoms with Crippen LogP contribution in [0.3, 0.4) is 0 Å². The molecule has 0 saturated carbocycles. The van der Waals surface area contributed by atoms with Crippen LogP contribution in [0.15, 0.2) is 24.8 Å². The third-order valence-electron chi connectivity index (χ3n) is 3.03. The van der Waals surface area contributed by atoms with Gasteiger partial charge < -0.3 is 9.88 Å². The second kappa shape index (κ2) is 6.59. The number of carbonyl (C=O) groups is 1. The lowest BCUT2D eigenvalue weighted by molar-refractivity contribution is 0.0936. The minimum Gasteiger partial charge on any atom is -0.352 e. The van der Waals surface area contributed by atoms with Gasteiger partial charge >= 0.3 is 0 Å². The first kappa shape index (κ1) is 16.0. The molecular weight excluding hydrogens is 302 g/mol. The molecule has 0 fully saturated rings. The van der Waals surface area contributed by atoms with Crippen LogP contribution in [0, 0.1) is 29.2 Å². The van der Waals surface area contributed by atoms with E-state index in [9.17, 15) is 22.4 Å². The van der Waals surface area contributed by atoms with E-state index in [2.05, 4.69) is 10.3 Å². The van der Waals surface area contributed by atoms with Crippen LogP contribution in [0.5, 0.6) is 0 Å². The maximum Gasteiger partial charge on any atom is 0.257 e. The molecule has 0 unspecified atom stereocenters. The molecule has 0 aliphatic rings. The summed E-state index contributed by atoms with van der Waals surface area (Å²) in [5.74, 6) is -7.93. The largest absolute Gasteiger partial charge is 0.352 e. The highest BCUT2D eigenvalue weighted by molar-refractivity contribution is 5.94. The van der Waals surface area contributed by atoms with Crippen LogP contribution in [0.25, 0.3) is 0 Å². The van der Waals surface area contributed by atoms with Gasteiger partial charge in [0.2, 0.25) is 0 Å². The molecule has 1 amide bonds. The molecule has 0 saturated heterocycles. The lowest BCUT2D eigenvalue weighted by Gasteiger charge is -2.14. The van der Waals surface area contributed by atoms with E-state index < -0.39 is 34.7 Å². The first-order valence-corrected chi connectivity index (χ1v) is 6.47. The molecule has 4 nitrogen and oxygen atoms in total. The summed E-state index contributed by atoms with van der Waals surface area (Å²) in [6.45, 7) is 2.38. The fourth-order valence-electron chi connectivity index (χ4n) is 1.95. The number of benzene rings is 1. The van der Waals surface area contributed by atoms with E-state index in [1.165, 1.54) is 0 Å². The van der Waals surface area contributed by atoms with Gasteiger partial charge in [0.15, 0.2) is 23.3 Å². The number of halogens is 4. The molecule has 1 aromatic heterocycles. The second-order valence-corrected chi connectivity index (χ2v) is 4.92. The van der Waals surface area contributed by atoms with E-state index in [4.69, 9.17) is 0 Å². The molecule has 2 aromatic rings. The normalized spacial score (nSPS) is 12.2. The van der Waals surface area contributed by atoms with Crippen molar-refractivity contribution in [3.63, 3.8) is 0 Å². The van der Waals surface area contributed by atoms with Crippen molar-refractivity contribution < 1.29 is 22.4 Å². The van der Waals surface area contributed by atoms with Crippen molar-refractivity contribution in [1.82, 2.24) is 14.9 Å². The molecule has 2 rings (SSSR count). The quantitative estimate of drug-likeness (QED) is 0.681. The molecule has 0 bridgehead atoms. The topological polar surface area (TPSA) is 46.9 Å². The second-order valence-electron chi connectivity index (χ2n) is 4.92. The summed E-state index contributed by atoms with van der Waals surface area (Å²) in [7, 11) is 0. The van der Waals surface area contributed by atoms with Gasteiger partial charge in [-0.3, -0.25) is 4.79 Å². The molecular formula is C14H13F4N3O. The summed E-state index contributed by atoms with van der Waals surface area (Å²) in [6, 6.07) is 0.0586. The Morgan fingerprint density at radius 1 is 1.27 bits per heavy atom. The molecule has 8 heteroatoms. The van der Waals surface area contributed by atoms with Gasteiger partial charge in [0.05, 0.1) is 6.33 Å². The molecule has 1 N–H and O–H groups in total. The Balaban J connectivity index is 2.04. The zero-order valence-electron chi connectivity index (χ0n) is 11.6. The molecule has 1 atom stereocenters. The first-order chi connectivity index (χ1) is 10.4. The lowest BCUT2D eigenvalue weighted by atomic mass is 10.1. The lowest BCUT2D eigenvalue weighted by Crippen LogP contribution is -2.31. The minimum absolute atomic E-state index is 0.0586. The van der Waals surface area contributed by atoms with Crippen molar-refractivity contribution in [2.45, 2.75) is 13.5 Å². The number of aromatic nitrogens is 2. The monoisotopic (exact) mass is 315 g/mol. The maximum atomic E-state index is 13.5. The summed E-state index contributed by atoms with van der Waals surface area (Å²) < 4.78 is 54.8. The van der Waals surface area contributed by atoms with Crippen molar-refractivity contribution in [2.24, 2.45) is 5.92 Å². The van der Waals surface area contributed by atoms with Gasteiger partial charge in [-0.25, -0.2) is 22.5 Å². The van der Waals surface area contributed by atoms with E-state index in [1.807, 2.05) is 0 Å². The average Bonchev–Trinajstić information content (AvgIpc) is 2.96. The van der Waals surface area contributed by atoms with Crippen LogP contribution in [0.1, 0.15) is 17.3 Å². The molecule has 22 heavy (non-hydrogen) atoms. The number of imidazole rings is 1. The van der Waals surface area contributed by atoms with E-state index in [0.717, 1.165) is 0 Å². The van der Waals surface area contributed by atoms with Crippen molar-refractivity contribution in [2.75, 3.05) is 6.54 Å². The predicted octanol–water partition coefficient (Wildman–Crippen LogP) is 2.51. The van der Waals surface area contributed by atoms with Crippen LogP contribution < -0.4 is 5.32 Å². The van der Waals surface area contributed by atoms with Crippen molar-refractivity contribution in [3.8, 4) is 0 Å². The van der Waals surface area contributed by atoms with Crippen LogP contribution in [0.4, 0.5) is 17.6 Å². The summed E-state index contributed by atoms with van der Waals surface area (Å²) in [5.41, 5.74) is -1.26. The Morgan fingerprint density at radius 3 is 2.45 bits per heavy atom. The van der Waals surface area contributed by atoms with Gasteiger partial charge in [-0.05, 0) is 5.92 Å². The standard InChI is InChI=1S/C14H13F4N3O/c1-8(6-21-3-2-19-7-21)5-20-14(22)11-12(17)9(15)4-10(16)13(11)18/h2-4,7-8H,5-6H2,1H3,(H,20,22)/t8-/m1/s1. The van der Waals surface area contributed by atoms with Crippen LogP contribution in [0.2, 0.25) is 0 Å². The van der Waals surface area contributed by atoms with Crippen LogP contribution in [-0.4, -0.2) is 22.0 Å². The van der Waals surface area contributed by atoms with Crippen LogP contribution in [-0.2, 0) is 6.54 Å². The average molecular weight is 315 g/mol. The van der Waals surface area contributed by atoms with Crippen molar-refractivity contribution in [3.05, 3.63) is 53.6 Å². The number of nitrogens with zero attached hydrogens (tertiary/aromatic N) is 2. The fourth-order valence-corrected chi connectivity index (χ4v) is 1.95. The minimum atomic E-state index is -1.71. The van der Waals surface area contributed by atoms with E-state index in [1.54, 1.807) is 30.2 Å². The molecule has 118 valence electrons. The predicted molar refractivity (Wildman–Crippen MR) is 70.0 cm³/mol. The highest BCUT2D eigenvalue weighted by Gasteiger charge is 2.24. The van der Waals surface area contributed by atoms with E-state index in [0.29, 0.717) is 6.54 Å². The maximum absolute atomic E-state index is 13.5. The number of nitrogens with one attached hydrogen (secondary N) is 1. The highest BCUT2D eigenvalue weighted by Crippen LogP contribution is 2.19. The Bertz CT molecular complexity index is 647. The van der Waals surface area contributed by atoms with E-state index in [-0.39, 0.29) is 18.5 Å². The Morgan fingerprint density at radius 2 is 1.91 bits per heavy atom. The van der Waals surface area contributed by atoms with Crippen LogP contribution >= 0.6 is 0 Å². The Labute approximate surface area is 123 Å². The summed E-state index contributed by atoms with van der Waals surface area (Å²) in [4.78, 5) is 15.6. The number of hydrogen-bond donors (Lipinski definition) is 1. The van der Waals surface area contributed by atoms with Gasteiger partial charge in [-0.2, -0.15) is 0 Å². The first-order valence-electron chi connectivity index (χ1n) is 6.47. The van der Waals surface area contributed by atoms with Gasteiger partial charge in [0, 0.05) is 31.5 Å². The number of carbonyl (C=O) groups excluding carboxylic acids is 1. The highest BCUT2D eigenvalue weighted by atomic mass is 19.2. The van der Waals surface area contributed by atoms with Gasteiger partial charge in [0.1, 0.15) is 5.56 Å². The van der Waals surface area contributed by atoms with Gasteiger partial charge in [0.25, 0.3) is 5.91 Å². The number of hydrogen-bond acceptors (Lipinski definition) is 2. The van der Waals surface area contributed by atoms with Crippen molar-refractivity contribution >= 4 is 5.91 Å². The zero-order chi connectivity index (χ0) is 16.3. The SMILES string of the molecule is C[C@H](CNC(=O)c1c(F)c(F)cc(F)c1F)Cn1ccnc1. The van der Waals surface area contributed by atoms with Gasteiger partial charge in [-0.15, -0.1) is 0 Å². The molecule has 0 spiro atoms. The Hall–Kier alpha value is -2.38. The number of amides is 1. The zero-order valence-corrected chi connectivity index (χ0v) is 11.6. The molecule has 0 aliphatic heterocycles. The van der Waals surface area contributed by atoms with E-state index >= 15 is 0 Å².